The molecule has 140 valence electrons. The Morgan fingerprint density at radius 2 is 1.93 bits per heavy atom. The Hall–Kier alpha value is -3.63. The molecule has 0 saturated carbocycles. The van der Waals surface area contributed by atoms with E-state index in [1.807, 2.05) is 0 Å². The van der Waals surface area contributed by atoms with E-state index in [1.165, 1.54) is 0 Å². The summed E-state index contributed by atoms with van der Waals surface area (Å²) in [7, 11) is 1.55. The molecular formula is C20H17ClN6O. The Morgan fingerprint density at radius 3 is 2.61 bits per heavy atom. The van der Waals surface area contributed by atoms with E-state index in [-0.39, 0.29) is 11.9 Å². The second kappa shape index (κ2) is 7.94. The van der Waals surface area contributed by atoms with Crippen LogP contribution >= 0.6 is 11.6 Å². The lowest BCUT2D eigenvalue weighted by molar-refractivity contribution is 0.0963. The summed E-state index contributed by atoms with van der Waals surface area (Å²) < 4.78 is 0. The number of nitrogens with two attached hydrogens (primary N) is 2. The largest absolute Gasteiger partial charge is 0.384 e. The minimum atomic E-state index is -0.261. The molecule has 0 aliphatic rings. The van der Waals surface area contributed by atoms with Crippen molar-refractivity contribution in [3.63, 3.8) is 0 Å². The summed E-state index contributed by atoms with van der Waals surface area (Å²) in [5.74, 6) is 6.35. The van der Waals surface area contributed by atoms with E-state index in [4.69, 9.17) is 23.1 Å². The maximum atomic E-state index is 12.0. The molecule has 0 unspecified atom stereocenters. The number of hydrogen-bond donors (Lipinski definition) is 3. The number of amides is 1. The van der Waals surface area contributed by atoms with Crippen LogP contribution in [0.1, 0.15) is 27.2 Å². The molecule has 3 rings (SSSR count). The van der Waals surface area contributed by atoms with Gasteiger partial charge in [-0.3, -0.25) is 4.79 Å². The van der Waals surface area contributed by atoms with Crippen LogP contribution in [0.2, 0.25) is 5.02 Å². The van der Waals surface area contributed by atoms with Gasteiger partial charge in [0.1, 0.15) is 5.82 Å². The molecule has 1 aromatic carbocycles. The molecule has 5 N–H and O–H groups in total. The monoisotopic (exact) mass is 392 g/mol. The zero-order valence-electron chi connectivity index (χ0n) is 15.2. The van der Waals surface area contributed by atoms with Crippen LogP contribution in [0.25, 0.3) is 11.3 Å². The van der Waals surface area contributed by atoms with Crippen molar-refractivity contribution >= 4 is 29.3 Å². The number of nitrogens with one attached hydrogen (secondary N) is 1. The van der Waals surface area contributed by atoms with Crippen LogP contribution in [-0.2, 0) is 0 Å². The molecule has 1 amide bonds. The Kier molecular flexibility index (Phi) is 5.43. The van der Waals surface area contributed by atoms with Crippen molar-refractivity contribution in [2.75, 3.05) is 18.5 Å². The van der Waals surface area contributed by atoms with Gasteiger partial charge in [-0.1, -0.05) is 23.4 Å². The van der Waals surface area contributed by atoms with Gasteiger partial charge in [0.05, 0.1) is 17.0 Å². The van der Waals surface area contributed by atoms with E-state index in [9.17, 15) is 4.79 Å². The average Bonchev–Trinajstić information content (AvgIpc) is 2.67. The predicted octanol–water partition coefficient (Wildman–Crippen LogP) is 2.42. The first-order valence-corrected chi connectivity index (χ1v) is 8.66. The van der Waals surface area contributed by atoms with Crippen molar-refractivity contribution in [3.8, 4) is 23.1 Å². The lowest BCUT2D eigenvalue weighted by atomic mass is 10.0. The molecule has 8 heteroatoms. The van der Waals surface area contributed by atoms with E-state index in [0.717, 1.165) is 0 Å². The Bertz CT molecular complexity index is 1120. The average molecular weight is 393 g/mol. The molecule has 0 saturated heterocycles. The number of nitrogens with zero attached hydrogens (tertiary/aromatic N) is 3. The number of halogens is 1. The molecule has 2 aromatic heterocycles. The van der Waals surface area contributed by atoms with E-state index >= 15 is 0 Å². The first kappa shape index (κ1) is 19.1. The minimum absolute atomic E-state index is 0.105. The number of nitrogen functional groups attached to an aromatic ring is 2. The van der Waals surface area contributed by atoms with Crippen LogP contribution in [-0.4, -0.2) is 27.9 Å². The molecule has 0 bridgehead atoms. The predicted molar refractivity (Wildman–Crippen MR) is 110 cm³/mol. The third-order valence-corrected chi connectivity index (χ3v) is 4.10. The van der Waals surface area contributed by atoms with Crippen LogP contribution < -0.4 is 16.8 Å². The summed E-state index contributed by atoms with van der Waals surface area (Å²) in [6.45, 7) is 1.79. The quantitative estimate of drug-likeness (QED) is 0.576. The van der Waals surface area contributed by atoms with Gasteiger partial charge < -0.3 is 16.8 Å². The van der Waals surface area contributed by atoms with Gasteiger partial charge in [0.25, 0.3) is 5.91 Å². The van der Waals surface area contributed by atoms with E-state index in [1.54, 1.807) is 50.5 Å². The molecule has 0 aliphatic carbocycles. The zero-order valence-corrected chi connectivity index (χ0v) is 16.0. The molecule has 0 spiro atoms. The zero-order chi connectivity index (χ0) is 20.3. The van der Waals surface area contributed by atoms with Crippen molar-refractivity contribution < 1.29 is 4.79 Å². The molecule has 0 fully saturated rings. The van der Waals surface area contributed by atoms with Gasteiger partial charge in [0.2, 0.25) is 5.95 Å². The fourth-order valence-electron chi connectivity index (χ4n) is 2.57. The van der Waals surface area contributed by atoms with Crippen LogP contribution in [0.15, 0.2) is 36.5 Å². The number of rotatable bonds is 2. The van der Waals surface area contributed by atoms with Crippen molar-refractivity contribution in [1.29, 1.82) is 0 Å². The van der Waals surface area contributed by atoms with Gasteiger partial charge in [0, 0.05) is 35.0 Å². The maximum Gasteiger partial charge on any atom is 0.251 e. The molecule has 28 heavy (non-hydrogen) atoms. The number of carbonyl (C=O) groups excluding carboxylic acids is 1. The van der Waals surface area contributed by atoms with Crippen LogP contribution in [0.3, 0.4) is 0 Å². The number of aromatic nitrogens is 3. The summed E-state index contributed by atoms with van der Waals surface area (Å²) in [5, 5.41) is 2.97. The summed E-state index contributed by atoms with van der Waals surface area (Å²) in [6.07, 6.45) is 1.58. The Labute approximate surface area is 167 Å². The Balaban J connectivity index is 2.16. The van der Waals surface area contributed by atoms with Crippen LogP contribution in [0.4, 0.5) is 11.8 Å². The number of anilines is 2. The fourth-order valence-corrected chi connectivity index (χ4v) is 2.80. The number of benzene rings is 1. The Morgan fingerprint density at radius 1 is 1.14 bits per heavy atom. The lowest BCUT2D eigenvalue weighted by Crippen LogP contribution is -2.17. The van der Waals surface area contributed by atoms with Crippen molar-refractivity contribution in [3.05, 3.63) is 63.9 Å². The fraction of sp³-hybridized carbons (Fsp3) is 0.100. The van der Waals surface area contributed by atoms with E-state index in [0.29, 0.717) is 44.5 Å². The van der Waals surface area contributed by atoms with Gasteiger partial charge >= 0.3 is 0 Å². The minimum Gasteiger partial charge on any atom is -0.384 e. The van der Waals surface area contributed by atoms with Crippen LogP contribution in [0.5, 0.6) is 0 Å². The molecule has 0 aliphatic heterocycles. The van der Waals surface area contributed by atoms with Gasteiger partial charge in [-0.15, -0.1) is 0 Å². The van der Waals surface area contributed by atoms with Gasteiger partial charge in [0.15, 0.2) is 0 Å². The number of pyridine rings is 1. The topological polar surface area (TPSA) is 120 Å². The number of aryl methyl sites for hydroxylation is 1. The highest BCUT2D eigenvalue weighted by atomic mass is 35.5. The van der Waals surface area contributed by atoms with Crippen molar-refractivity contribution in [2.45, 2.75) is 6.92 Å². The lowest BCUT2D eigenvalue weighted by Gasteiger charge is -2.10. The first-order chi connectivity index (χ1) is 13.4. The summed E-state index contributed by atoms with van der Waals surface area (Å²) >= 11 is 6.21. The molecular weight excluding hydrogens is 376 g/mol. The number of carbonyl (C=O) groups is 1. The maximum absolute atomic E-state index is 12.0. The molecule has 0 atom stereocenters. The van der Waals surface area contributed by atoms with E-state index in [2.05, 4.69) is 32.1 Å². The highest BCUT2D eigenvalue weighted by Crippen LogP contribution is 2.28. The molecule has 2 heterocycles. The van der Waals surface area contributed by atoms with Crippen LogP contribution in [0, 0.1) is 18.8 Å². The van der Waals surface area contributed by atoms with Gasteiger partial charge in [-0.25, -0.2) is 15.0 Å². The summed E-state index contributed by atoms with van der Waals surface area (Å²) in [5.41, 5.74) is 14.8. The van der Waals surface area contributed by atoms with Crippen molar-refractivity contribution in [1.82, 2.24) is 20.3 Å². The number of hydrogen-bond acceptors (Lipinski definition) is 6. The highest BCUT2D eigenvalue weighted by molar-refractivity contribution is 6.31. The first-order valence-electron chi connectivity index (χ1n) is 8.28. The second-order valence-corrected chi connectivity index (χ2v) is 6.36. The SMILES string of the molecule is CNC(=O)c1cc(Cl)cc(-c2nc(N)nc(C)c2C#Cc2ccc(N)nc2)c1. The third kappa shape index (κ3) is 4.19. The third-order valence-electron chi connectivity index (χ3n) is 3.89. The normalized spacial score (nSPS) is 10.1. The standard InChI is InChI=1S/C20H17ClN6O/c1-11-16(5-3-12-4-6-17(22)25-10-12)18(27-20(23)26-11)13-7-14(19(28)24-2)9-15(21)8-13/h4,6-10H,1-2H3,(H2,22,25)(H,24,28)(H2,23,26,27). The van der Waals surface area contributed by atoms with E-state index < -0.39 is 0 Å². The highest BCUT2D eigenvalue weighted by Gasteiger charge is 2.14. The van der Waals surface area contributed by atoms with Gasteiger partial charge in [-0.2, -0.15) is 0 Å². The molecule has 7 nitrogen and oxygen atoms in total. The molecule has 0 radical (unpaired) electrons. The summed E-state index contributed by atoms with van der Waals surface area (Å²) in [6, 6.07) is 8.40. The smallest absolute Gasteiger partial charge is 0.251 e. The summed E-state index contributed by atoms with van der Waals surface area (Å²) in [4.78, 5) is 24.6. The second-order valence-electron chi connectivity index (χ2n) is 5.92. The van der Waals surface area contributed by atoms with Crippen molar-refractivity contribution in [2.24, 2.45) is 0 Å². The van der Waals surface area contributed by atoms with Gasteiger partial charge in [-0.05, 0) is 37.3 Å². The molecule has 3 aromatic rings.